The third kappa shape index (κ3) is 12.9. The molecule has 0 spiro atoms. The van der Waals surface area contributed by atoms with Gasteiger partial charge in [0.1, 0.15) is 13.2 Å². The summed E-state index contributed by atoms with van der Waals surface area (Å²) in [6.07, 6.45) is 12.5. The fraction of sp³-hybridized carbons (Fsp3) is 0.720. The van der Waals surface area contributed by atoms with Gasteiger partial charge in [-0.15, -0.1) is 0 Å². The summed E-state index contributed by atoms with van der Waals surface area (Å²) in [5.74, 6) is -0.0690. The molecule has 0 aliphatic heterocycles. The van der Waals surface area contributed by atoms with Crippen molar-refractivity contribution in [1.29, 1.82) is 0 Å². The van der Waals surface area contributed by atoms with Gasteiger partial charge in [0, 0.05) is 6.42 Å². The molecule has 0 bridgehead atoms. The maximum absolute atomic E-state index is 12.0. The van der Waals surface area contributed by atoms with Gasteiger partial charge in [-0.3, -0.25) is 4.79 Å². The van der Waals surface area contributed by atoms with Crippen molar-refractivity contribution in [2.24, 2.45) is 0 Å². The second kappa shape index (κ2) is 15.6. The largest absolute Gasteiger partial charge is 0.460 e. The lowest BCUT2D eigenvalue weighted by atomic mass is 10.1. The molecule has 0 atom stereocenters. The van der Waals surface area contributed by atoms with E-state index in [0.29, 0.717) is 13.0 Å². The number of carbonyl (C=O) groups excluding carboxylic acids is 1. The average molecular weight is 393 g/mol. The number of rotatable bonds is 15. The van der Waals surface area contributed by atoms with Gasteiger partial charge in [0.2, 0.25) is 0 Å². The molecule has 0 saturated carbocycles. The first-order chi connectivity index (χ1) is 13.3. The molecule has 3 nitrogen and oxygen atoms in total. The molecule has 0 rings (SSSR count). The van der Waals surface area contributed by atoms with E-state index in [4.69, 9.17) is 4.74 Å². The smallest absolute Gasteiger partial charge is 0.306 e. The SMILES string of the molecule is CC[N+](CC)(CC)CCOC(=O)CCC=C(C)CCC=C(C)CCC=C(C)C. The number of esters is 1. The van der Waals surface area contributed by atoms with E-state index in [2.05, 4.69) is 66.7 Å². The lowest BCUT2D eigenvalue weighted by Crippen LogP contribution is -2.49. The summed E-state index contributed by atoms with van der Waals surface area (Å²) in [7, 11) is 0. The Labute approximate surface area is 175 Å². The zero-order valence-corrected chi connectivity index (χ0v) is 19.8. The van der Waals surface area contributed by atoms with Crippen LogP contribution in [0.2, 0.25) is 0 Å². The molecule has 0 aromatic heterocycles. The maximum atomic E-state index is 12.0. The van der Waals surface area contributed by atoms with Crippen molar-refractivity contribution in [1.82, 2.24) is 0 Å². The molecular formula is C25H46NO2+. The highest BCUT2D eigenvalue weighted by atomic mass is 16.5. The Morgan fingerprint density at radius 2 is 1.21 bits per heavy atom. The van der Waals surface area contributed by atoms with Gasteiger partial charge in [-0.2, -0.15) is 0 Å². The van der Waals surface area contributed by atoms with Crippen molar-refractivity contribution >= 4 is 5.97 Å². The first-order valence-electron chi connectivity index (χ1n) is 11.2. The van der Waals surface area contributed by atoms with Gasteiger partial charge in [-0.1, -0.05) is 34.9 Å². The van der Waals surface area contributed by atoms with Gasteiger partial charge in [0.25, 0.3) is 0 Å². The van der Waals surface area contributed by atoms with Crippen LogP contribution in [-0.2, 0) is 9.53 Å². The highest BCUT2D eigenvalue weighted by Gasteiger charge is 2.20. The summed E-state index contributed by atoms with van der Waals surface area (Å²) in [4.78, 5) is 12.0. The Balaban J connectivity index is 4.04. The summed E-state index contributed by atoms with van der Waals surface area (Å²) in [6, 6.07) is 0. The molecule has 3 heteroatoms. The molecule has 0 fully saturated rings. The molecule has 162 valence electrons. The normalized spacial score (nSPS) is 12.8. The van der Waals surface area contributed by atoms with E-state index in [-0.39, 0.29) is 5.97 Å². The zero-order valence-electron chi connectivity index (χ0n) is 19.8. The second-order valence-electron chi connectivity index (χ2n) is 8.23. The average Bonchev–Trinajstić information content (AvgIpc) is 2.65. The van der Waals surface area contributed by atoms with Crippen LogP contribution in [0.15, 0.2) is 34.9 Å². The van der Waals surface area contributed by atoms with E-state index >= 15 is 0 Å². The highest BCUT2D eigenvalue weighted by Crippen LogP contribution is 2.12. The molecule has 0 aliphatic rings. The Morgan fingerprint density at radius 3 is 1.68 bits per heavy atom. The van der Waals surface area contributed by atoms with Gasteiger partial charge < -0.3 is 9.22 Å². The van der Waals surface area contributed by atoms with E-state index in [0.717, 1.165) is 62.8 Å². The van der Waals surface area contributed by atoms with E-state index in [1.54, 1.807) is 0 Å². The van der Waals surface area contributed by atoms with Crippen molar-refractivity contribution < 1.29 is 14.0 Å². The zero-order chi connectivity index (χ0) is 21.4. The number of hydrogen-bond donors (Lipinski definition) is 0. The van der Waals surface area contributed by atoms with Crippen LogP contribution >= 0.6 is 0 Å². The van der Waals surface area contributed by atoms with Gasteiger partial charge in [0.05, 0.1) is 19.6 Å². The molecule has 0 aromatic carbocycles. The van der Waals surface area contributed by atoms with Crippen molar-refractivity contribution in [3.8, 4) is 0 Å². The number of nitrogens with zero attached hydrogens (tertiary/aromatic N) is 1. The minimum Gasteiger partial charge on any atom is -0.460 e. The summed E-state index contributed by atoms with van der Waals surface area (Å²) in [5.41, 5.74) is 4.22. The van der Waals surface area contributed by atoms with Gasteiger partial charge in [-0.05, 0) is 80.6 Å². The molecule has 0 aliphatic carbocycles. The third-order valence-electron chi connectivity index (χ3n) is 5.81. The summed E-state index contributed by atoms with van der Waals surface area (Å²) < 4.78 is 6.48. The Morgan fingerprint density at radius 1 is 0.750 bits per heavy atom. The van der Waals surface area contributed by atoms with E-state index < -0.39 is 0 Å². The van der Waals surface area contributed by atoms with E-state index in [1.165, 1.54) is 16.7 Å². The topological polar surface area (TPSA) is 26.3 Å². The summed E-state index contributed by atoms with van der Waals surface area (Å²) in [6.45, 7) is 20.0. The van der Waals surface area contributed by atoms with Crippen LogP contribution in [0.3, 0.4) is 0 Å². The van der Waals surface area contributed by atoms with Crippen LogP contribution in [0.5, 0.6) is 0 Å². The fourth-order valence-electron chi connectivity index (χ4n) is 3.35. The van der Waals surface area contributed by atoms with Gasteiger partial charge >= 0.3 is 5.97 Å². The number of ether oxygens (including phenoxy) is 1. The van der Waals surface area contributed by atoms with Crippen LogP contribution in [-0.4, -0.2) is 43.2 Å². The first-order valence-corrected chi connectivity index (χ1v) is 11.2. The van der Waals surface area contributed by atoms with Crippen LogP contribution < -0.4 is 0 Å². The van der Waals surface area contributed by atoms with Crippen molar-refractivity contribution in [2.45, 2.75) is 87.0 Å². The molecule has 0 saturated heterocycles. The number of quaternary nitrogens is 1. The highest BCUT2D eigenvalue weighted by molar-refractivity contribution is 5.69. The molecule has 0 radical (unpaired) electrons. The Kier molecular flexibility index (Phi) is 14.8. The van der Waals surface area contributed by atoms with Crippen molar-refractivity contribution in [2.75, 3.05) is 32.8 Å². The van der Waals surface area contributed by atoms with Crippen molar-refractivity contribution in [3.05, 3.63) is 34.9 Å². The molecule has 0 heterocycles. The lowest BCUT2D eigenvalue weighted by Gasteiger charge is -2.35. The number of allylic oxidation sites excluding steroid dienone is 6. The maximum Gasteiger partial charge on any atom is 0.306 e. The first kappa shape index (κ1) is 26.6. The number of hydrogen-bond acceptors (Lipinski definition) is 2. The van der Waals surface area contributed by atoms with E-state index in [9.17, 15) is 4.79 Å². The summed E-state index contributed by atoms with van der Waals surface area (Å²) in [5, 5.41) is 0. The molecular weight excluding hydrogens is 346 g/mol. The number of likely N-dealkylation sites (N-methyl/N-ethyl adjacent to an activating group) is 1. The van der Waals surface area contributed by atoms with E-state index in [1.807, 2.05) is 0 Å². The lowest BCUT2D eigenvalue weighted by molar-refractivity contribution is -0.923. The predicted molar refractivity (Wildman–Crippen MR) is 122 cm³/mol. The Hall–Kier alpha value is -1.35. The molecule has 28 heavy (non-hydrogen) atoms. The standard InChI is InChI=1S/C25H46NO2/c1-8-26(9-2,10-3)20-21-28-25(27)19-13-18-24(7)17-12-16-23(6)15-11-14-22(4)5/h14,16,18H,8-13,15,17,19-21H2,1-7H3/q+1. The van der Waals surface area contributed by atoms with Crippen LogP contribution in [0, 0.1) is 0 Å². The molecule has 0 amide bonds. The molecule has 0 unspecified atom stereocenters. The monoisotopic (exact) mass is 392 g/mol. The Bertz CT molecular complexity index is 512. The number of carbonyl (C=O) groups is 1. The van der Waals surface area contributed by atoms with Crippen LogP contribution in [0.25, 0.3) is 0 Å². The molecule has 0 N–H and O–H groups in total. The van der Waals surface area contributed by atoms with Gasteiger partial charge in [0.15, 0.2) is 0 Å². The van der Waals surface area contributed by atoms with Gasteiger partial charge in [-0.25, -0.2) is 0 Å². The summed E-state index contributed by atoms with van der Waals surface area (Å²) >= 11 is 0. The van der Waals surface area contributed by atoms with Crippen molar-refractivity contribution in [3.63, 3.8) is 0 Å². The molecule has 0 aromatic rings. The van der Waals surface area contributed by atoms with Crippen LogP contribution in [0.4, 0.5) is 0 Å². The minimum atomic E-state index is -0.0690. The second-order valence-corrected chi connectivity index (χ2v) is 8.23. The predicted octanol–water partition coefficient (Wildman–Crippen LogP) is 6.61. The third-order valence-corrected chi connectivity index (χ3v) is 5.81. The fourth-order valence-corrected chi connectivity index (χ4v) is 3.35. The minimum absolute atomic E-state index is 0.0690. The van der Waals surface area contributed by atoms with Crippen LogP contribution in [0.1, 0.15) is 87.0 Å². The quantitative estimate of drug-likeness (QED) is 0.178.